The number of anilines is 1. The number of hydrogen-bond donors (Lipinski definition) is 3. The molecule has 3 N–H and O–H groups in total. The number of phenols is 1. The summed E-state index contributed by atoms with van der Waals surface area (Å²) in [6, 6.07) is 13.8. The van der Waals surface area contributed by atoms with Gasteiger partial charge in [-0.2, -0.15) is 0 Å². The van der Waals surface area contributed by atoms with Crippen LogP contribution in [0.4, 0.5) is 5.69 Å². The minimum Gasteiger partial charge on any atom is -0.508 e. The molecule has 2 aromatic rings. The first-order valence-corrected chi connectivity index (χ1v) is 9.11. The Morgan fingerprint density at radius 1 is 1.11 bits per heavy atom. The van der Waals surface area contributed by atoms with E-state index in [0.717, 1.165) is 37.9 Å². The summed E-state index contributed by atoms with van der Waals surface area (Å²) < 4.78 is 0. The molecule has 1 aliphatic rings. The van der Waals surface area contributed by atoms with Gasteiger partial charge in [-0.15, -0.1) is 0 Å². The lowest BCUT2D eigenvalue weighted by Crippen LogP contribution is -2.41. The fourth-order valence-electron chi connectivity index (χ4n) is 3.32. The van der Waals surface area contributed by atoms with Gasteiger partial charge in [-0.05, 0) is 54.8 Å². The van der Waals surface area contributed by atoms with Crippen molar-refractivity contribution in [2.24, 2.45) is 5.92 Å². The van der Waals surface area contributed by atoms with Gasteiger partial charge in [0.1, 0.15) is 12.0 Å². The van der Waals surface area contributed by atoms with Crippen LogP contribution in [0.2, 0.25) is 0 Å². The van der Waals surface area contributed by atoms with Crippen LogP contribution in [0.5, 0.6) is 5.75 Å². The number of carbonyl (C=O) groups is 2. The number of aldehydes is 1. The second kappa shape index (κ2) is 8.68. The van der Waals surface area contributed by atoms with Crippen molar-refractivity contribution in [3.63, 3.8) is 0 Å². The van der Waals surface area contributed by atoms with Crippen molar-refractivity contribution in [1.82, 2.24) is 5.32 Å². The summed E-state index contributed by atoms with van der Waals surface area (Å²) in [6.07, 6.45) is 1.52. The van der Waals surface area contributed by atoms with E-state index in [-0.39, 0.29) is 24.1 Å². The van der Waals surface area contributed by atoms with Crippen LogP contribution in [-0.2, 0) is 4.79 Å². The number of nitrogens with one attached hydrogen (secondary N) is 1. The number of phenolic OH excluding ortho intramolecular Hbond substituents is 1. The highest BCUT2D eigenvalue weighted by Crippen LogP contribution is 2.24. The predicted octanol–water partition coefficient (Wildman–Crippen LogP) is 2.27. The monoisotopic (exact) mass is 368 g/mol. The number of benzene rings is 2. The van der Waals surface area contributed by atoms with Crippen LogP contribution < -0.4 is 10.2 Å². The van der Waals surface area contributed by atoms with Crippen molar-refractivity contribution >= 4 is 17.9 Å². The Morgan fingerprint density at radius 3 is 2.33 bits per heavy atom. The third-order valence-electron chi connectivity index (χ3n) is 5.01. The zero-order valence-electron chi connectivity index (χ0n) is 15.0. The quantitative estimate of drug-likeness (QED) is 0.681. The molecule has 3 rings (SSSR count). The first kappa shape index (κ1) is 18.9. The van der Waals surface area contributed by atoms with Gasteiger partial charge in [0.05, 0.1) is 6.10 Å². The van der Waals surface area contributed by atoms with Crippen molar-refractivity contribution in [3.05, 3.63) is 59.7 Å². The van der Waals surface area contributed by atoms with Gasteiger partial charge < -0.3 is 20.4 Å². The maximum atomic E-state index is 12.4. The molecule has 0 radical (unpaired) electrons. The highest BCUT2D eigenvalue weighted by molar-refractivity contribution is 5.79. The van der Waals surface area contributed by atoms with Gasteiger partial charge in [0.2, 0.25) is 5.91 Å². The van der Waals surface area contributed by atoms with Gasteiger partial charge in [-0.3, -0.25) is 9.59 Å². The summed E-state index contributed by atoms with van der Waals surface area (Å²) in [6.45, 7) is 1.70. The van der Waals surface area contributed by atoms with Gasteiger partial charge >= 0.3 is 0 Å². The van der Waals surface area contributed by atoms with Crippen molar-refractivity contribution < 1.29 is 19.8 Å². The molecule has 0 aromatic heterocycles. The van der Waals surface area contributed by atoms with Crippen molar-refractivity contribution in [1.29, 1.82) is 0 Å². The Kier molecular flexibility index (Phi) is 6.08. The van der Waals surface area contributed by atoms with Crippen LogP contribution >= 0.6 is 0 Å². The molecular formula is C21H24N2O4. The number of aliphatic hydroxyl groups excluding tert-OH is 1. The summed E-state index contributed by atoms with van der Waals surface area (Å²) in [5.41, 5.74) is 2.36. The maximum Gasteiger partial charge on any atom is 0.223 e. The van der Waals surface area contributed by atoms with Crippen molar-refractivity contribution in [3.8, 4) is 5.75 Å². The molecule has 1 amide bonds. The van der Waals surface area contributed by atoms with E-state index in [9.17, 15) is 19.8 Å². The molecule has 0 bridgehead atoms. The number of hydrogen-bond acceptors (Lipinski definition) is 5. The molecule has 2 aromatic carbocycles. The maximum absolute atomic E-state index is 12.4. The molecule has 142 valence electrons. The molecule has 1 aliphatic heterocycles. The Labute approximate surface area is 158 Å². The lowest BCUT2D eigenvalue weighted by Gasteiger charge is -2.33. The van der Waals surface area contributed by atoms with E-state index in [1.165, 1.54) is 12.1 Å². The second-order valence-electron chi connectivity index (χ2n) is 6.82. The van der Waals surface area contributed by atoms with E-state index in [2.05, 4.69) is 10.2 Å². The highest BCUT2D eigenvalue weighted by Gasteiger charge is 2.25. The van der Waals surface area contributed by atoms with Gasteiger partial charge in [-0.25, -0.2) is 0 Å². The van der Waals surface area contributed by atoms with E-state index in [1.54, 1.807) is 24.3 Å². The molecule has 6 heteroatoms. The van der Waals surface area contributed by atoms with Crippen molar-refractivity contribution in [2.75, 3.05) is 24.5 Å². The summed E-state index contributed by atoms with van der Waals surface area (Å²) >= 11 is 0. The van der Waals surface area contributed by atoms with Gasteiger partial charge in [0.15, 0.2) is 0 Å². The normalized spacial score (nSPS) is 16.0. The Hall–Kier alpha value is -2.86. The zero-order valence-corrected chi connectivity index (χ0v) is 15.0. The van der Waals surface area contributed by atoms with Gasteiger partial charge in [-0.1, -0.05) is 12.1 Å². The Morgan fingerprint density at radius 2 is 1.74 bits per heavy atom. The second-order valence-corrected chi connectivity index (χ2v) is 6.82. The smallest absolute Gasteiger partial charge is 0.223 e. The lowest BCUT2D eigenvalue weighted by atomic mass is 9.95. The van der Waals surface area contributed by atoms with Crippen LogP contribution in [-0.4, -0.2) is 42.0 Å². The van der Waals surface area contributed by atoms with Crippen LogP contribution in [0.25, 0.3) is 0 Å². The molecule has 0 aliphatic carbocycles. The number of piperidine rings is 1. The average Bonchev–Trinajstić information content (AvgIpc) is 2.72. The summed E-state index contributed by atoms with van der Waals surface area (Å²) in [7, 11) is 0. The van der Waals surface area contributed by atoms with Crippen molar-refractivity contribution in [2.45, 2.75) is 18.9 Å². The standard InChI is InChI=1S/C21H24N2O4/c24-14-15-1-5-18(6-2-15)23-11-9-17(10-12-23)21(27)22-13-20(26)16-3-7-19(25)8-4-16/h1-8,14,17,20,25-26H,9-13H2,(H,22,27)/t20-/m0/s1. The summed E-state index contributed by atoms with van der Waals surface area (Å²) in [5.74, 6) is 0.0360. The summed E-state index contributed by atoms with van der Waals surface area (Å²) in [4.78, 5) is 25.3. The zero-order chi connectivity index (χ0) is 19.2. The fraction of sp³-hybridized carbons (Fsp3) is 0.333. The molecule has 1 saturated heterocycles. The third-order valence-corrected chi connectivity index (χ3v) is 5.01. The van der Waals surface area contributed by atoms with E-state index in [1.807, 2.05) is 12.1 Å². The highest BCUT2D eigenvalue weighted by atomic mass is 16.3. The van der Waals surface area contributed by atoms with Crippen LogP contribution in [0.15, 0.2) is 48.5 Å². The minimum atomic E-state index is -0.800. The molecule has 27 heavy (non-hydrogen) atoms. The van der Waals surface area contributed by atoms with Crippen LogP contribution in [0, 0.1) is 5.92 Å². The minimum absolute atomic E-state index is 0.0382. The Bertz CT molecular complexity index is 766. The topological polar surface area (TPSA) is 89.9 Å². The first-order chi connectivity index (χ1) is 13.1. The number of rotatable bonds is 6. The fourth-order valence-corrected chi connectivity index (χ4v) is 3.32. The van der Waals surface area contributed by atoms with Gasteiger partial charge in [0, 0.05) is 36.8 Å². The average molecular weight is 368 g/mol. The molecular weight excluding hydrogens is 344 g/mol. The number of amides is 1. The lowest BCUT2D eigenvalue weighted by molar-refractivity contribution is -0.126. The first-order valence-electron chi connectivity index (χ1n) is 9.11. The van der Waals surface area contributed by atoms with Crippen LogP contribution in [0.3, 0.4) is 0 Å². The number of nitrogens with zero attached hydrogens (tertiary/aromatic N) is 1. The van der Waals surface area contributed by atoms with E-state index in [0.29, 0.717) is 11.1 Å². The van der Waals surface area contributed by atoms with E-state index >= 15 is 0 Å². The van der Waals surface area contributed by atoms with Crippen LogP contribution in [0.1, 0.15) is 34.9 Å². The van der Waals surface area contributed by atoms with E-state index in [4.69, 9.17) is 0 Å². The number of aliphatic hydroxyl groups is 1. The summed E-state index contributed by atoms with van der Waals surface area (Å²) in [5, 5.41) is 22.3. The molecule has 0 spiro atoms. The molecule has 0 saturated carbocycles. The number of aromatic hydroxyl groups is 1. The third kappa shape index (κ3) is 4.86. The molecule has 6 nitrogen and oxygen atoms in total. The Balaban J connectivity index is 1.46. The number of carbonyl (C=O) groups excluding carboxylic acids is 2. The molecule has 0 unspecified atom stereocenters. The molecule has 1 heterocycles. The molecule has 1 atom stereocenters. The predicted molar refractivity (Wildman–Crippen MR) is 103 cm³/mol. The van der Waals surface area contributed by atoms with E-state index < -0.39 is 6.10 Å². The molecule has 1 fully saturated rings. The SMILES string of the molecule is O=Cc1ccc(N2CCC(C(=O)NC[C@H](O)c3ccc(O)cc3)CC2)cc1. The largest absolute Gasteiger partial charge is 0.508 e. The van der Waals surface area contributed by atoms with Gasteiger partial charge in [0.25, 0.3) is 0 Å².